The van der Waals surface area contributed by atoms with Crippen molar-refractivity contribution in [1.82, 2.24) is 9.80 Å². The van der Waals surface area contributed by atoms with Gasteiger partial charge in [0.1, 0.15) is 12.2 Å². The molecule has 0 bridgehead atoms. The molecule has 3 fully saturated rings. The lowest BCUT2D eigenvalue weighted by atomic mass is 9.92. The van der Waals surface area contributed by atoms with Gasteiger partial charge in [-0.1, -0.05) is 0 Å². The summed E-state index contributed by atoms with van der Waals surface area (Å²) in [4.78, 5) is 1.50. The van der Waals surface area contributed by atoms with Gasteiger partial charge in [0, 0.05) is 26.2 Å². The summed E-state index contributed by atoms with van der Waals surface area (Å²) in [6.07, 6.45) is -16.8. The van der Waals surface area contributed by atoms with E-state index in [9.17, 15) is 30.7 Å². The van der Waals surface area contributed by atoms with Gasteiger partial charge >= 0.3 is 12.1 Å². The number of hydrogen-bond acceptors (Lipinski definition) is 4. The number of ether oxygens (including phenoxy) is 2. The van der Waals surface area contributed by atoms with Crippen LogP contribution in [0.2, 0.25) is 0 Å². The molecule has 0 saturated carbocycles. The van der Waals surface area contributed by atoms with E-state index in [0.29, 0.717) is 17.7 Å². The van der Waals surface area contributed by atoms with E-state index >= 15 is 4.39 Å². The first-order valence-electron chi connectivity index (χ1n) is 9.62. The number of halogens is 10. The van der Waals surface area contributed by atoms with E-state index < -0.39 is 55.4 Å². The Morgan fingerprint density at radius 2 is 1.19 bits per heavy atom. The van der Waals surface area contributed by atoms with E-state index in [1.54, 1.807) is 0 Å². The molecule has 0 aromatic rings. The predicted octanol–water partition coefficient (Wildman–Crippen LogP) is 3.76. The molecule has 0 aromatic heterocycles. The predicted molar refractivity (Wildman–Crippen MR) is 90.7 cm³/mol. The minimum atomic E-state index is -5.70. The van der Waals surface area contributed by atoms with E-state index in [-0.39, 0.29) is 48.8 Å². The molecular weight excluding hydrogens is 454 g/mol. The molecule has 3 saturated heterocycles. The SMILES string of the molecule is F.F.FC(N1CCCC1)C(F)(F)C1CCC(C(F)(C(F)N2CCOCC2)C(F)(F)F)O1. The lowest BCUT2D eigenvalue weighted by Gasteiger charge is -2.41. The summed E-state index contributed by atoms with van der Waals surface area (Å²) < 4.78 is 124. The Bertz CT molecular complexity index is 558. The zero-order valence-electron chi connectivity index (χ0n) is 16.4. The van der Waals surface area contributed by atoms with Crippen molar-refractivity contribution in [3.05, 3.63) is 0 Å². The van der Waals surface area contributed by atoms with Gasteiger partial charge in [-0.25, -0.2) is 13.2 Å². The third-order valence-electron chi connectivity index (χ3n) is 5.84. The van der Waals surface area contributed by atoms with Crippen LogP contribution in [0.15, 0.2) is 0 Å². The van der Waals surface area contributed by atoms with Crippen LogP contribution in [0.1, 0.15) is 25.7 Å². The van der Waals surface area contributed by atoms with Gasteiger partial charge in [0.15, 0.2) is 6.30 Å². The Morgan fingerprint density at radius 3 is 1.71 bits per heavy atom. The molecule has 3 aliphatic heterocycles. The molecule has 0 amide bonds. The summed E-state index contributed by atoms with van der Waals surface area (Å²) >= 11 is 0. The van der Waals surface area contributed by atoms with E-state index in [4.69, 9.17) is 9.47 Å². The second-order valence-electron chi connectivity index (χ2n) is 7.69. The maximum Gasteiger partial charge on any atom is 0.429 e. The normalized spacial score (nSPS) is 30.2. The number of alkyl halides is 8. The van der Waals surface area contributed by atoms with Crippen LogP contribution in [-0.4, -0.2) is 91.8 Å². The average molecular weight is 480 g/mol. The Hall–Kier alpha value is -0.860. The lowest BCUT2D eigenvalue weighted by molar-refractivity contribution is -0.310. The van der Waals surface area contributed by atoms with Crippen molar-refractivity contribution in [3.8, 4) is 0 Å². The standard InChI is InChI=1S/C17H24F8N2O2.2FH/c18-13(27-7-9-28-10-8-27)15(20,17(23,24)25)11-3-4-12(29-11)16(21,22)14(19)26-5-1-2-6-26;;/h11-14H,1-10H2;2*1H. The van der Waals surface area contributed by atoms with Crippen LogP contribution in [-0.2, 0) is 9.47 Å². The second-order valence-corrected chi connectivity index (χ2v) is 7.69. The smallest absolute Gasteiger partial charge is 0.379 e. The molecule has 3 heterocycles. The van der Waals surface area contributed by atoms with Gasteiger partial charge in [-0.3, -0.25) is 19.2 Å². The van der Waals surface area contributed by atoms with Crippen molar-refractivity contribution in [2.45, 2.75) is 68.3 Å². The van der Waals surface area contributed by atoms with Crippen LogP contribution >= 0.6 is 0 Å². The molecule has 4 nitrogen and oxygen atoms in total. The first kappa shape index (κ1) is 28.2. The van der Waals surface area contributed by atoms with Crippen LogP contribution in [0.3, 0.4) is 0 Å². The van der Waals surface area contributed by atoms with Gasteiger partial charge < -0.3 is 9.47 Å². The summed E-state index contributed by atoms with van der Waals surface area (Å²) in [6.45, 7) is -0.550. The number of hydrogen-bond donors (Lipinski definition) is 0. The van der Waals surface area contributed by atoms with Crippen LogP contribution in [0, 0.1) is 0 Å². The van der Waals surface area contributed by atoms with Crippen LogP contribution in [0.4, 0.5) is 44.5 Å². The quantitative estimate of drug-likeness (QED) is 0.427. The Kier molecular flexibility index (Phi) is 9.44. The maximum absolute atomic E-state index is 15.2. The minimum Gasteiger partial charge on any atom is -0.379 e. The van der Waals surface area contributed by atoms with E-state index in [1.807, 2.05) is 0 Å². The highest BCUT2D eigenvalue weighted by molar-refractivity contribution is 5.05. The van der Waals surface area contributed by atoms with Crippen LogP contribution in [0.25, 0.3) is 0 Å². The minimum absolute atomic E-state index is 0. The molecule has 0 spiro atoms. The zero-order chi connectivity index (χ0) is 21.4. The second kappa shape index (κ2) is 10.4. The molecule has 5 atom stereocenters. The molecule has 14 heteroatoms. The number of likely N-dealkylation sites (tertiary alicyclic amines) is 1. The Morgan fingerprint density at radius 1 is 0.710 bits per heavy atom. The lowest BCUT2D eigenvalue weighted by Crippen LogP contribution is -2.64. The summed E-state index contributed by atoms with van der Waals surface area (Å²) in [5.74, 6) is -4.14. The Labute approximate surface area is 172 Å². The summed E-state index contributed by atoms with van der Waals surface area (Å²) in [5.41, 5.74) is -4.52. The van der Waals surface area contributed by atoms with Crippen molar-refractivity contribution >= 4 is 0 Å². The average Bonchev–Trinajstić information content (AvgIpc) is 3.38. The summed E-state index contributed by atoms with van der Waals surface area (Å²) in [5, 5.41) is 0. The largest absolute Gasteiger partial charge is 0.429 e. The molecule has 0 aromatic carbocycles. The number of morpholine rings is 1. The summed E-state index contributed by atoms with van der Waals surface area (Å²) in [6, 6.07) is 0. The highest BCUT2D eigenvalue weighted by Crippen LogP contribution is 2.49. The number of rotatable bonds is 6. The van der Waals surface area contributed by atoms with Gasteiger partial charge in [-0.15, -0.1) is 0 Å². The van der Waals surface area contributed by atoms with Crippen LogP contribution < -0.4 is 0 Å². The van der Waals surface area contributed by atoms with Gasteiger partial charge in [0.2, 0.25) is 6.30 Å². The van der Waals surface area contributed by atoms with Crippen molar-refractivity contribution < 1.29 is 54.0 Å². The highest BCUT2D eigenvalue weighted by Gasteiger charge is 2.70. The van der Waals surface area contributed by atoms with Crippen molar-refractivity contribution in [1.29, 1.82) is 0 Å². The third kappa shape index (κ3) is 5.22. The fourth-order valence-corrected chi connectivity index (χ4v) is 4.14. The fraction of sp³-hybridized carbons (Fsp3) is 1.00. The van der Waals surface area contributed by atoms with Crippen LogP contribution in [0.5, 0.6) is 0 Å². The monoisotopic (exact) mass is 480 g/mol. The van der Waals surface area contributed by atoms with Crippen molar-refractivity contribution in [2.24, 2.45) is 0 Å². The van der Waals surface area contributed by atoms with Crippen molar-refractivity contribution in [2.75, 3.05) is 39.4 Å². The van der Waals surface area contributed by atoms with E-state index in [2.05, 4.69) is 0 Å². The topological polar surface area (TPSA) is 24.9 Å². The molecule has 0 radical (unpaired) electrons. The zero-order valence-corrected chi connectivity index (χ0v) is 16.4. The Balaban J connectivity index is 0.00000240. The highest BCUT2D eigenvalue weighted by atomic mass is 19.4. The molecule has 186 valence electrons. The first-order valence-corrected chi connectivity index (χ1v) is 9.62. The molecule has 3 aliphatic rings. The molecule has 0 N–H and O–H groups in total. The summed E-state index contributed by atoms with van der Waals surface area (Å²) in [7, 11) is 0. The number of nitrogens with zero attached hydrogens (tertiary/aromatic N) is 2. The van der Waals surface area contributed by atoms with Crippen molar-refractivity contribution in [3.63, 3.8) is 0 Å². The van der Waals surface area contributed by atoms with Gasteiger partial charge in [-0.05, 0) is 25.7 Å². The molecule has 5 unspecified atom stereocenters. The van der Waals surface area contributed by atoms with Gasteiger partial charge in [0.05, 0.1) is 13.2 Å². The molecule has 0 aliphatic carbocycles. The van der Waals surface area contributed by atoms with Gasteiger partial charge in [0.25, 0.3) is 5.67 Å². The fourth-order valence-electron chi connectivity index (χ4n) is 4.14. The molecular formula is C17H26F10N2O2. The van der Waals surface area contributed by atoms with E-state index in [0.717, 1.165) is 4.90 Å². The first-order chi connectivity index (χ1) is 13.5. The molecule has 31 heavy (non-hydrogen) atoms. The van der Waals surface area contributed by atoms with Gasteiger partial charge in [-0.2, -0.15) is 22.0 Å². The van der Waals surface area contributed by atoms with E-state index in [1.165, 1.54) is 0 Å². The third-order valence-corrected chi connectivity index (χ3v) is 5.84. The maximum atomic E-state index is 15.2. The molecule has 3 rings (SSSR count).